The molecule has 4 amide bonds. The van der Waals surface area contributed by atoms with Gasteiger partial charge in [0.15, 0.2) is 5.71 Å². The molecule has 3 aromatic rings. The normalized spacial score (nSPS) is 40.9. The molecule has 1 aromatic heterocycles. The topological polar surface area (TPSA) is 150 Å². The smallest absolute Gasteiger partial charge is 0.251 e. The van der Waals surface area contributed by atoms with Crippen molar-refractivity contribution < 1.29 is 33.4 Å². The molecular formula is C52H54N6O7. The Bertz CT molecular complexity index is 3080. The van der Waals surface area contributed by atoms with Crippen LogP contribution in [0.15, 0.2) is 36.4 Å². The second-order valence-corrected chi connectivity index (χ2v) is 24.1. The van der Waals surface area contributed by atoms with Gasteiger partial charge in [0.25, 0.3) is 5.91 Å². The molecular weight excluding hydrogens is 821 g/mol. The van der Waals surface area contributed by atoms with Crippen LogP contribution in [0.5, 0.6) is 11.5 Å². The average molecular weight is 875 g/mol. The van der Waals surface area contributed by atoms with Crippen molar-refractivity contribution in [2.24, 2.45) is 17.3 Å². The Morgan fingerprint density at radius 2 is 1.37 bits per heavy atom. The summed E-state index contributed by atoms with van der Waals surface area (Å²) in [5.41, 5.74) is -3.85. The molecule has 6 unspecified atom stereocenters. The van der Waals surface area contributed by atoms with Crippen LogP contribution in [-0.2, 0) is 30.0 Å². The van der Waals surface area contributed by atoms with E-state index in [2.05, 4.69) is 56.2 Å². The summed E-state index contributed by atoms with van der Waals surface area (Å²) in [4.78, 5) is 74.5. The number of piperazine rings is 2. The molecule has 2 aromatic carbocycles. The lowest BCUT2D eigenvalue weighted by molar-refractivity contribution is -0.367. The van der Waals surface area contributed by atoms with E-state index in [9.17, 15) is 0 Å². The zero-order valence-corrected chi connectivity index (χ0v) is 38.2. The Balaban J connectivity index is 1.15. The lowest BCUT2D eigenvalue weighted by Crippen LogP contribution is -2.93. The highest BCUT2D eigenvalue weighted by Crippen LogP contribution is 2.80. The number of H-pyrrole nitrogens is 1. The van der Waals surface area contributed by atoms with Gasteiger partial charge in [-0.1, -0.05) is 13.8 Å². The minimum absolute atomic E-state index is 0.101. The van der Waals surface area contributed by atoms with Crippen molar-refractivity contribution in [3.05, 3.63) is 69.6 Å². The number of carbonyl (C=O) groups excluding carboxylic acids is 4. The minimum Gasteiger partial charge on any atom is -0.618 e. The van der Waals surface area contributed by atoms with Gasteiger partial charge < -0.3 is 39.7 Å². The van der Waals surface area contributed by atoms with Gasteiger partial charge in [-0.25, -0.2) is 0 Å². The van der Waals surface area contributed by atoms with E-state index in [1.165, 1.54) is 0 Å². The van der Waals surface area contributed by atoms with Crippen LogP contribution in [0.3, 0.4) is 0 Å². The molecule has 334 valence electrons. The summed E-state index contributed by atoms with van der Waals surface area (Å²) in [5.74, 6) is -1.16. The first-order chi connectivity index (χ1) is 30.7. The molecule has 13 nitrogen and oxygen atoms in total. The van der Waals surface area contributed by atoms with Gasteiger partial charge in [0.05, 0.1) is 22.5 Å². The number of nitrogens with one attached hydrogen (secondary N) is 2. The number of hydrogen-bond acceptors (Lipinski definition) is 7. The number of fused-ring (bicyclic) bond motifs is 10. The molecule has 4 bridgehead atoms. The Hall–Kier alpha value is -5.59. The predicted octanol–water partition coefficient (Wildman–Crippen LogP) is 6.08. The molecule has 10 fully saturated rings. The summed E-state index contributed by atoms with van der Waals surface area (Å²) in [6.45, 7) is 17.5. The third-order valence-corrected chi connectivity index (χ3v) is 19.9. The Labute approximate surface area is 376 Å². The van der Waals surface area contributed by atoms with E-state index in [1.54, 1.807) is 0 Å². The van der Waals surface area contributed by atoms with Crippen LogP contribution in [-0.4, -0.2) is 106 Å². The van der Waals surface area contributed by atoms with Crippen LogP contribution in [0, 0.1) is 22.5 Å². The van der Waals surface area contributed by atoms with Crippen molar-refractivity contribution in [3.8, 4) is 11.5 Å². The molecule has 0 radical (unpaired) electrons. The van der Waals surface area contributed by atoms with Gasteiger partial charge >= 0.3 is 0 Å². The van der Waals surface area contributed by atoms with Crippen LogP contribution in [0.2, 0.25) is 0 Å². The number of aromatic nitrogens is 1. The molecule has 12 aliphatic heterocycles. The van der Waals surface area contributed by atoms with Crippen LogP contribution < -0.4 is 14.8 Å². The molecule has 2 aliphatic carbocycles. The van der Waals surface area contributed by atoms with E-state index in [-0.39, 0.29) is 23.6 Å². The van der Waals surface area contributed by atoms with Crippen molar-refractivity contribution >= 4 is 58.1 Å². The van der Waals surface area contributed by atoms with Gasteiger partial charge in [-0.3, -0.25) is 19.2 Å². The summed E-state index contributed by atoms with van der Waals surface area (Å²) in [7, 11) is 0. The van der Waals surface area contributed by atoms with Gasteiger partial charge in [-0.15, -0.1) is 0 Å². The molecule has 9 atom stereocenters. The SMILES string of the molecule is CC1(C)C=Cc2c(ccc3c2[N+]([O-])=C2C(C)(C)[C@H]4CC56CCCN5C(=O)C4(NC6=O)C4N5C(=O)C67CCCN6C(=O)[C@]56C(C7)C(C)(C)c5[nH]c7c8c(ccc7c5[C@H]6C234)OC(C)(C)C=C8)O1. The van der Waals surface area contributed by atoms with Crippen LogP contribution >= 0.6 is 0 Å². The number of nitrogens with zero attached hydrogens (tertiary/aromatic N) is 4. The maximum atomic E-state index is 16.7. The quantitative estimate of drug-likeness (QED) is 0.206. The number of aromatic amines is 1. The third-order valence-electron chi connectivity index (χ3n) is 19.9. The largest absolute Gasteiger partial charge is 0.618 e. The summed E-state index contributed by atoms with van der Waals surface area (Å²) in [5, 5.41) is 20.9. The van der Waals surface area contributed by atoms with Crippen molar-refractivity contribution in [1.29, 1.82) is 0 Å². The number of benzene rings is 2. The van der Waals surface area contributed by atoms with Gasteiger partial charge in [-0.2, -0.15) is 4.74 Å². The molecule has 13 heterocycles. The Morgan fingerprint density at radius 1 is 0.738 bits per heavy atom. The first-order valence-electron chi connectivity index (χ1n) is 24.0. The van der Waals surface area contributed by atoms with E-state index in [1.807, 2.05) is 72.7 Å². The average Bonchev–Trinajstić information content (AvgIpc) is 4.06. The lowest BCUT2D eigenvalue weighted by atomic mass is 9.39. The van der Waals surface area contributed by atoms with E-state index >= 15 is 24.4 Å². The number of hydrogen-bond donors (Lipinski definition) is 2. The molecule has 17 rings (SSSR count). The lowest BCUT2D eigenvalue weighted by Gasteiger charge is -2.70. The Kier molecular flexibility index (Phi) is 5.90. The van der Waals surface area contributed by atoms with Crippen LogP contribution in [0.25, 0.3) is 23.1 Å². The zero-order chi connectivity index (χ0) is 44.9. The van der Waals surface area contributed by atoms with E-state index in [4.69, 9.17) is 9.47 Å². The second-order valence-electron chi connectivity index (χ2n) is 24.1. The van der Waals surface area contributed by atoms with E-state index in [0.717, 1.165) is 38.2 Å². The monoisotopic (exact) mass is 874 g/mol. The van der Waals surface area contributed by atoms with E-state index in [0.29, 0.717) is 79.9 Å². The number of piperidine rings is 4. The van der Waals surface area contributed by atoms with Crippen molar-refractivity contribution in [1.82, 2.24) is 25.0 Å². The minimum atomic E-state index is -1.66. The van der Waals surface area contributed by atoms with Crippen LogP contribution in [0.4, 0.5) is 5.69 Å². The van der Waals surface area contributed by atoms with E-state index < -0.39 is 73.4 Å². The maximum Gasteiger partial charge on any atom is 0.251 e. The molecule has 2 N–H and O–H groups in total. The second kappa shape index (κ2) is 10.2. The molecule has 13 heteroatoms. The summed E-state index contributed by atoms with van der Waals surface area (Å²) >= 11 is 0. The zero-order valence-electron chi connectivity index (χ0n) is 38.2. The highest BCUT2D eigenvalue weighted by molar-refractivity contribution is 6.18. The van der Waals surface area contributed by atoms with Gasteiger partial charge in [-0.05, 0) is 134 Å². The molecule has 9 saturated heterocycles. The molecule has 14 aliphatic rings. The fourth-order valence-corrected chi connectivity index (χ4v) is 17.8. The number of carbonyl (C=O) groups is 4. The fraction of sp³-hybridized carbons (Fsp3) is 0.558. The third kappa shape index (κ3) is 3.41. The highest BCUT2D eigenvalue weighted by atomic mass is 16.5. The first-order valence-corrected chi connectivity index (χ1v) is 24.0. The number of ether oxygens (including phenoxy) is 2. The molecule has 1 saturated carbocycles. The first kappa shape index (κ1) is 37.6. The number of rotatable bonds is 0. The number of amides is 4. The van der Waals surface area contributed by atoms with Gasteiger partial charge in [0.2, 0.25) is 23.4 Å². The summed E-state index contributed by atoms with van der Waals surface area (Å²) in [6, 6.07) is 6.94. The van der Waals surface area contributed by atoms with Crippen molar-refractivity contribution in [3.63, 3.8) is 0 Å². The summed E-state index contributed by atoms with van der Waals surface area (Å²) in [6.07, 6.45) is 11.4. The van der Waals surface area contributed by atoms with Crippen molar-refractivity contribution in [2.75, 3.05) is 13.1 Å². The molecule has 5 spiro atoms. The molecule has 65 heavy (non-hydrogen) atoms. The predicted molar refractivity (Wildman–Crippen MR) is 240 cm³/mol. The fourth-order valence-electron chi connectivity index (χ4n) is 17.8. The Morgan fingerprint density at radius 3 is 2.09 bits per heavy atom. The van der Waals surface area contributed by atoms with Gasteiger partial charge in [0.1, 0.15) is 50.3 Å². The van der Waals surface area contributed by atoms with Crippen LogP contribution in [0.1, 0.15) is 128 Å². The standard InChI is InChI=1S/C52H54N6O7/c1-44(2)19-15-25-29(64-44)13-11-27-33-36-50-28-12-14-30-26(16-20-45(3,4)65-30)35(28)58(63)38(50)47(7,8)31-23-48-17-9-21-55(48)42(61)51(31,54-40(48)59)39(50)57-41(60)49-18-10-22-56(49)43(62)52(36,57)32(24-49)46(5,6)37(33)53-34(25)27/h11-16,19-20,31-32,36,39,53H,9-10,17-18,21-24H2,1-8H3,(H,54,59)/t31-,32?,36+,39?,48?,49?,50?,51?,52-/m1/s1. The van der Waals surface area contributed by atoms with Gasteiger partial charge in [0, 0.05) is 58.5 Å². The maximum absolute atomic E-state index is 16.7. The highest BCUT2D eigenvalue weighted by Gasteiger charge is 2.95. The summed E-state index contributed by atoms with van der Waals surface area (Å²) < 4.78 is 14.3. The van der Waals surface area contributed by atoms with Crippen molar-refractivity contribution in [2.45, 2.75) is 150 Å².